The monoisotopic (exact) mass is 362 g/mol. The Balaban J connectivity index is 1.46. The largest absolute Gasteiger partial charge is 0.493 e. The normalized spacial score (nSPS) is 10.3. The van der Waals surface area contributed by atoms with Crippen molar-refractivity contribution in [2.75, 3.05) is 20.3 Å². The topological polar surface area (TPSA) is 44.8 Å². The second-order valence-corrected chi connectivity index (χ2v) is 5.96. The summed E-state index contributed by atoms with van der Waals surface area (Å²) in [5.74, 6) is 1.37. The van der Waals surface area contributed by atoms with Crippen molar-refractivity contribution < 1.29 is 19.0 Å². The zero-order valence-electron chi connectivity index (χ0n) is 15.3. The van der Waals surface area contributed by atoms with E-state index < -0.39 is 0 Å². The first-order chi connectivity index (χ1) is 13.3. The highest BCUT2D eigenvalue weighted by Gasteiger charge is 2.05. The van der Waals surface area contributed by atoms with E-state index in [1.807, 2.05) is 66.7 Å². The van der Waals surface area contributed by atoms with Crippen LogP contribution in [-0.4, -0.2) is 26.3 Å². The lowest BCUT2D eigenvalue weighted by atomic mass is 10.0. The third kappa shape index (κ3) is 5.35. The Morgan fingerprint density at radius 1 is 0.704 bits per heavy atom. The smallest absolute Gasteiger partial charge is 0.337 e. The van der Waals surface area contributed by atoms with Crippen LogP contribution in [0.2, 0.25) is 0 Å². The van der Waals surface area contributed by atoms with Gasteiger partial charge in [-0.1, -0.05) is 42.5 Å². The number of hydrogen-bond donors (Lipinski definition) is 0. The lowest BCUT2D eigenvalue weighted by Crippen LogP contribution is -2.04. The molecule has 0 radical (unpaired) electrons. The van der Waals surface area contributed by atoms with Crippen molar-refractivity contribution in [2.24, 2.45) is 0 Å². The molecule has 27 heavy (non-hydrogen) atoms. The van der Waals surface area contributed by atoms with Gasteiger partial charge in [-0.05, 0) is 47.5 Å². The number of carbonyl (C=O) groups is 1. The number of ether oxygens (including phenoxy) is 3. The summed E-state index contributed by atoms with van der Waals surface area (Å²) in [4.78, 5) is 11.5. The molecule has 0 bridgehead atoms. The second-order valence-electron chi connectivity index (χ2n) is 5.96. The van der Waals surface area contributed by atoms with Gasteiger partial charge in [0.25, 0.3) is 0 Å². The highest BCUT2D eigenvalue weighted by atomic mass is 16.5. The fraction of sp³-hybridized carbons (Fsp3) is 0.174. The van der Waals surface area contributed by atoms with Gasteiger partial charge in [-0.3, -0.25) is 0 Å². The first-order valence-corrected chi connectivity index (χ1v) is 8.86. The predicted molar refractivity (Wildman–Crippen MR) is 105 cm³/mol. The lowest BCUT2D eigenvalue weighted by molar-refractivity contribution is 0.0601. The molecule has 0 unspecified atom stereocenters. The Morgan fingerprint density at radius 3 is 1.78 bits per heavy atom. The first kappa shape index (κ1) is 18.5. The van der Waals surface area contributed by atoms with Gasteiger partial charge in [0.2, 0.25) is 0 Å². The summed E-state index contributed by atoms with van der Waals surface area (Å²) < 4.78 is 16.1. The van der Waals surface area contributed by atoms with Crippen LogP contribution in [0, 0.1) is 0 Å². The van der Waals surface area contributed by atoms with E-state index in [2.05, 4.69) is 0 Å². The van der Waals surface area contributed by atoms with Gasteiger partial charge >= 0.3 is 5.97 Å². The van der Waals surface area contributed by atoms with Crippen LogP contribution in [0.15, 0.2) is 78.9 Å². The van der Waals surface area contributed by atoms with E-state index in [9.17, 15) is 4.79 Å². The quantitative estimate of drug-likeness (QED) is 0.418. The van der Waals surface area contributed by atoms with Gasteiger partial charge in [0.15, 0.2) is 0 Å². The Labute approximate surface area is 159 Å². The minimum absolute atomic E-state index is 0.332. The molecule has 3 rings (SSSR count). The molecule has 0 aliphatic rings. The standard InChI is InChI=1S/C23H22O4/c1-25-23(24)20-10-8-18(9-11-20)19-12-14-22(15-13-19)27-17-5-16-26-21-6-3-2-4-7-21/h2-4,6-15H,5,16-17H2,1H3. The summed E-state index contributed by atoms with van der Waals surface area (Å²) in [5, 5.41) is 0. The molecule has 0 amide bonds. The van der Waals surface area contributed by atoms with Crippen molar-refractivity contribution in [3.8, 4) is 22.6 Å². The van der Waals surface area contributed by atoms with Crippen LogP contribution in [0.3, 0.4) is 0 Å². The fourth-order valence-corrected chi connectivity index (χ4v) is 2.62. The summed E-state index contributed by atoms with van der Waals surface area (Å²) in [6, 6.07) is 25.0. The van der Waals surface area contributed by atoms with Crippen molar-refractivity contribution in [3.05, 3.63) is 84.4 Å². The number of benzene rings is 3. The maximum absolute atomic E-state index is 11.5. The Bertz CT molecular complexity index is 840. The third-order valence-electron chi connectivity index (χ3n) is 4.06. The fourth-order valence-electron chi connectivity index (χ4n) is 2.62. The van der Waals surface area contributed by atoms with Crippen LogP contribution in [0.4, 0.5) is 0 Å². The van der Waals surface area contributed by atoms with Crippen molar-refractivity contribution in [3.63, 3.8) is 0 Å². The van der Waals surface area contributed by atoms with Gasteiger partial charge in [-0.25, -0.2) is 4.79 Å². The second kappa shape index (κ2) is 9.43. The lowest BCUT2D eigenvalue weighted by Gasteiger charge is -2.09. The van der Waals surface area contributed by atoms with Crippen molar-refractivity contribution in [2.45, 2.75) is 6.42 Å². The maximum Gasteiger partial charge on any atom is 0.337 e. The zero-order chi connectivity index (χ0) is 18.9. The molecule has 0 aliphatic carbocycles. The SMILES string of the molecule is COC(=O)c1ccc(-c2ccc(OCCCOc3ccccc3)cc2)cc1. The molecular weight excluding hydrogens is 340 g/mol. The van der Waals surface area contributed by atoms with Gasteiger partial charge in [0.1, 0.15) is 11.5 Å². The number of methoxy groups -OCH3 is 1. The van der Waals surface area contributed by atoms with Gasteiger partial charge in [-0.15, -0.1) is 0 Å². The van der Waals surface area contributed by atoms with Crippen LogP contribution in [0.5, 0.6) is 11.5 Å². The molecule has 138 valence electrons. The third-order valence-corrected chi connectivity index (χ3v) is 4.06. The van der Waals surface area contributed by atoms with E-state index in [0.29, 0.717) is 18.8 Å². The Hall–Kier alpha value is -3.27. The maximum atomic E-state index is 11.5. The van der Waals surface area contributed by atoms with Crippen LogP contribution in [0.25, 0.3) is 11.1 Å². The molecule has 0 aromatic heterocycles. The Kier molecular flexibility index (Phi) is 6.47. The van der Waals surface area contributed by atoms with Gasteiger partial charge in [0.05, 0.1) is 25.9 Å². The number of esters is 1. The summed E-state index contributed by atoms with van der Waals surface area (Å²) in [6.07, 6.45) is 0.811. The number of hydrogen-bond acceptors (Lipinski definition) is 4. The van der Waals surface area contributed by atoms with E-state index in [1.165, 1.54) is 7.11 Å². The molecule has 0 N–H and O–H groups in total. The molecular formula is C23H22O4. The van der Waals surface area contributed by atoms with Gasteiger partial charge in [0, 0.05) is 6.42 Å². The minimum atomic E-state index is -0.332. The number of carbonyl (C=O) groups excluding carboxylic acids is 1. The van der Waals surface area contributed by atoms with Crippen LogP contribution >= 0.6 is 0 Å². The van der Waals surface area contributed by atoms with Crippen LogP contribution in [-0.2, 0) is 4.74 Å². The number of para-hydroxylation sites is 1. The Morgan fingerprint density at radius 2 is 1.22 bits per heavy atom. The molecule has 4 heteroatoms. The van der Waals surface area contributed by atoms with E-state index in [4.69, 9.17) is 14.2 Å². The van der Waals surface area contributed by atoms with E-state index >= 15 is 0 Å². The summed E-state index contributed by atoms with van der Waals surface area (Å²) in [7, 11) is 1.38. The predicted octanol–water partition coefficient (Wildman–Crippen LogP) is 4.99. The summed E-state index contributed by atoms with van der Waals surface area (Å²) in [6.45, 7) is 1.22. The molecule has 0 heterocycles. The van der Waals surface area contributed by atoms with Crippen LogP contribution in [0.1, 0.15) is 16.8 Å². The van der Waals surface area contributed by atoms with Crippen LogP contribution < -0.4 is 9.47 Å². The molecule has 0 atom stereocenters. The molecule has 0 spiro atoms. The number of rotatable bonds is 8. The summed E-state index contributed by atoms with van der Waals surface area (Å²) in [5.41, 5.74) is 2.63. The van der Waals surface area contributed by atoms with E-state index in [1.54, 1.807) is 12.1 Å². The highest BCUT2D eigenvalue weighted by Crippen LogP contribution is 2.23. The molecule has 3 aromatic carbocycles. The van der Waals surface area contributed by atoms with Crippen molar-refractivity contribution in [1.82, 2.24) is 0 Å². The zero-order valence-corrected chi connectivity index (χ0v) is 15.3. The van der Waals surface area contributed by atoms with Crippen molar-refractivity contribution >= 4 is 5.97 Å². The van der Waals surface area contributed by atoms with Gasteiger partial charge < -0.3 is 14.2 Å². The average Bonchev–Trinajstić information content (AvgIpc) is 2.74. The molecule has 0 saturated carbocycles. The highest BCUT2D eigenvalue weighted by molar-refractivity contribution is 5.89. The molecule has 0 fully saturated rings. The average molecular weight is 362 g/mol. The summed E-state index contributed by atoms with van der Waals surface area (Å²) >= 11 is 0. The molecule has 0 aliphatic heterocycles. The van der Waals surface area contributed by atoms with Gasteiger partial charge in [-0.2, -0.15) is 0 Å². The van der Waals surface area contributed by atoms with E-state index in [-0.39, 0.29) is 5.97 Å². The molecule has 3 aromatic rings. The first-order valence-electron chi connectivity index (χ1n) is 8.86. The molecule has 4 nitrogen and oxygen atoms in total. The molecule has 0 saturated heterocycles. The van der Waals surface area contributed by atoms with Crippen molar-refractivity contribution in [1.29, 1.82) is 0 Å². The minimum Gasteiger partial charge on any atom is -0.493 e. The van der Waals surface area contributed by atoms with E-state index in [0.717, 1.165) is 29.0 Å².